The Labute approximate surface area is 202 Å². The zero-order chi connectivity index (χ0) is 29.8. The second kappa shape index (κ2) is 6.55. The molecule has 5 aromatic carbocycles. The summed E-state index contributed by atoms with van der Waals surface area (Å²) >= 11 is 0. The monoisotopic (exact) mass is 416 g/mol. The van der Waals surface area contributed by atoms with Crippen molar-refractivity contribution in [3.05, 3.63) is 154 Å². The molecule has 7 rings (SSSR count). The average Bonchev–Trinajstić information content (AvgIpc) is 3.29. The van der Waals surface area contributed by atoms with Crippen molar-refractivity contribution in [1.29, 1.82) is 0 Å². The fourth-order valence-electron chi connectivity index (χ4n) is 5.29. The molecule has 0 fully saturated rings. The summed E-state index contributed by atoms with van der Waals surface area (Å²) in [6.45, 7) is 0. The highest BCUT2D eigenvalue weighted by molar-refractivity contribution is 5.88. The zero-order valence-electron chi connectivity index (χ0n) is 27.0. The Hall–Kier alpha value is -3.90. The maximum Gasteiger partial charge on any atom is 0.0719 e. The lowest BCUT2D eigenvalue weighted by atomic mass is 9.61. The fourth-order valence-corrected chi connectivity index (χ4v) is 5.29. The number of benzene rings is 5. The van der Waals surface area contributed by atoms with E-state index in [2.05, 4.69) is 0 Å². The van der Waals surface area contributed by atoms with Crippen LogP contribution in [-0.4, -0.2) is 0 Å². The summed E-state index contributed by atoms with van der Waals surface area (Å²) in [4.78, 5) is 0. The van der Waals surface area contributed by atoms with Crippen molar-refractivity contribution in [3.63, 3.8) is 0 Å². The number of fused-ring (bicyclic) bond motifs is 9. The van der Waals surface area contributed by atoms with Crippen molar-refractivity contribution in [2.75, 3.05) is 0 Å². The van der Waals surface area contributed by atoms with Crippen molar-refractivity contribution in [2.24, 2.45) is 0 Å². The van der Waals surface area contributed by atoms with Crippen molar-refractivity contribution in [2.45, 2.75) is 11.8 Å². The van der Waals surface area contributed by atoms with Gasteiger partial charge in [0.1, 0.15) is 0 Å². The smallest absolute Gasteiger partial charge is 0.0622 e. The van der Waals surface area contributed by atoms with Gasteiger partial charge in [0.25, 0.3) is 0 Å². The molecular formula is C32H22. The maximum absolute atomic E-state index is 9.65. The van der Waals surface area contributed by atoms with E-state index in [1.54, 1.807) is 24.3 Å². The van der Waals surface area contributed by atoms with Gasteiger partial charge in [-0.2, -0.15) is 0 Å². The van der Waals surface area contributed by atoms with E-state index in [-0.39, 0.29) is 46.4 Å². The molecular weight excluding hydrogens is 384 g/mol. The highest BCUT2D eigenvalue weighted by Gasteiger charge is 2.49. The summed E-state index contributed by atoms with van der Waals surface area (Å²) in [5, 5.41) is 0. The molecule has 0 saturated carbocycles. The number of rotatable bonds is 1. The molecule has 32 heavy (non-hydrogen) atoms. The van der Waals surface area contributed by atoms with E-state index < -0.39 is 41.7 Å². The van der Waals surface area contributed by atoms with E-state index in [4.69, 9.17) is 9.60 Å². The molecule has 0 atom stereocenters. The van der Waals surface area contributed by atoms with Gasteiger partial charge in [0.15, 0.2) is 0 Å². The third-order valence-electron chi connectivity index (χ3n) is 6.58. The largest absolute Gasteiger partial charge is 0.0719 e. The summed E-state index contributed by atoms with van der Waals surface area (Å²) in [6.07, 6.45) is 0.349. The van der Waals surface area contributed by atoms with Crippen LogP contribution in [0.4, 0.5) is 0 Å². The molecule has 0 saturated heterocycles. The lowest BCUT2D eigenvalue weighted by Gasteiger charge is -2.40. The Morgan fingerprint density at radius 1 is 0.531 bits per heavy atom. The first-order valence-electron chi connectivity index (χ1n) is 15.5. The summed E-state index contributed by atoms with van der Waals surface area (Å²) < 4.78 is 89.1. The first kappa shape index (κ1) is 10.6. The normalized spacial score (nSPS) is 18.8. The van der Waals surface area contributed by atoms with Crippen molar-refractivity contribution in [1.82, 2.24) is 0 Å². The van der Waals surface area contributed by atoms with Crippen LogP contribution in [0.2, 0.25) is 0 Å². The van der Waals surface area contributed by atoms with Crippen LogP contribution in [0.5, 0.6) is 0 Å². The summed E-state index contributed by atoms with van der Waals surface area (Å²) in [5.41, 5.74) is 1.90. The molecule has 0 heteroatoms. The highest BCUT2D eigenvalue weighted by Crippen LogP contribution is 2.59. The molecule has 0 amide bonds. The SMILES string of the molecule is [2H]c1cc2c(c([2H])c1-c1ccccc1)C1(c3ccccc3C2)c2c([2H])c([2H])c([2H])c([2H])c2-c2c([2H])c([2H])c([2H])c([2H])c21. The fraction of sp³-hybridized carbons (Fsp3) is 0.0625. The van der Waals surface area contributed by atoms with E-state index in [0.29, 0.717) is 34.2 Å². The Morgan fingerprint density at radius 2 is 1.16 bits per heavy atom. The minimum Gasteiger partial charge on any atom is -0.0622 e. The molecule has 1 spiro atoms. The zero-order valence-corrected chi connectivity index (χ0v) is 17.0. The van der Waals surface area contributed by atoms with Crippen molar-refractivity contribution >= 4 is 0 Å². The summed E-state index contributed by atoms with van der Waals surface area (Å²) in [6, 6.07) is 14.7. The van der Waals surface area contributed by atoms with Gasteiger partial charge in [-0.3, -0.25) is 0 Å². The minimum atomic E-state index is -1.66. The number of hydrogen-bond acceptors (Lipinski definition) is 0. The highest BCUT2D eigenvalue weighted by atomic mass is 14.5. The molecule has 0 N–H and O–H groups in total. The van der Waals surface area contributed by atoms with Crippen LogP contribution in [0, 0.1) is 0 Å². The van der Waals surface area contributed by atoms with Crippen LogP contribution in [0.3, 0.4) is 0 Å². The molecule has 0 bridgehead atoms. The van der Waals surface area contributed by atoms with Gasteiger partial charge in [0.2, 0.25) is 0 Å². The van der Waals surface area contributed by atoms with Crippen LogP contribution >= 0.6 is 0 Å². The van der Waals surface area contributed by atoms with Crippen molar-refractivity contribution in [3.8, 4) is 22.3 Å². The predicted octanol–water partition coefficient (Wildman–Crippen LogP) is 7.62. The van der Waals surface area contributed by atoms with E-state index in [0.717, 1.165) is 5.56 Å². The van der Waals surface area contributed by atoms with Gasteiger partial charge in [-0.15, -0.1) is 0 Å². The van der Waals surface area contributed by atoms with Crippen LogP contribution in [0.15, 0.2) is 121 Å². The predicted molar refractivity (Wildman–Crippen MR) is 132 cm³/mol. The molecule has 5 aromatic rings. The molecule has 0 radical (unpaired) electrons. The third-order valence-corrected chi connectivity index (χ3v) is 6.58. The van der Waals surface area contributed by atoms with Crippen molar-refractivity contribution < 1.29 is 13.7 Å². The third kappa shape index (κ3) is 2.22. The molecule has 0 unspecified atom stereocenters. The Balaban J connectivity index is 1.81. The number of hydrogen-bond donors (Lipinski definition) is 0. The lowest BCUT2D eigenvalue weighted by Crippen LogP contribution is -2.34. The summed E-state index contributed by atoms with van der Waals surface area (Å²) in [5.74, 6) is 0. The Bertz CT molecular complexity index is 1940. The standard InChI is InChI=1S/C32H22/c1-2-10-22(11-3-1)23-18-19-25-20-24-12-4-7-15-28(24)32(31(25)21-23)29-16-8-5-13-26(29)27-14-6-9-17-30(27)32/h1-19,21H,20H2/i5D,6D,8D,9D,13D,14D,16D,17D,18D,21D. The molecule has 0 aromatic heterocycles. The van der Waals surface area contributed by atoms with E-state index in [9.17, 15) is 4.11 Å². The van der Waals surface area contributed by atoms with E-state index >= 15 is 0 Å². The van der Waals surface area contributed by atoms with E-state index in [1.165, 1.54) is 0 Å². The second-order valence-electron chi connectivity index (χ2n) is 8.14. The Kier molecular flexibility index (Phi) is 2.17. The van der Waals surface area contributed by atoms with Crippen LogP contribution in [0.25, 0.3) is 22.3 Å². The maximum atomic E-state index is 9.65. The van der Waals surface area contributed by atoms with Gasteiger partial charge in [-0.25, -0.2) is 0 Å². The Morgan fingerprint density at radius 3 is 1.91 bits per heavy atom. The second-order valence-corrected chi connectivity index (χ2v) is 8.14. The molecule has 150 valence electrons. The van der Waals surface area contributed by atoms with Gasteiger partial charge in [-0.1, -0.05) is 115 Å². The lowest BCUT2D eigenvalue weighted by molar-refractivity contribution is 0.722. The van der Waals surface area contributed by atoms with Gasteiger partial charge >= 0.3 is 0 Å². The first-order chi connectivity index (χ1) is 20.0. The molecule has 0 aliphatic heterocycles. The van der Waals surface area contributed by atoms with Gasteiger partial charge in [0.05, 0.1) is 19.1 Å². The molecule has 2 aliphatic rings. The molecule has 0 nitrogen and oxygen atoms in total. The van der Waals surface area contributed by atoms with Crippen LogP contribution in [0.1, 0.15) is 47.1 Å². The minimum absolute atomic E-state index is 0.0151. The van der Waals surface area contributed by atoms with Gasteiger partial charge in [-0.05, 0) is 68.1 Å². The topological polar surface area (TPSA) is 0 Å². The first-order valence-corrected chi connectivity index (χ1v) is 10.5. The van der Waals surface area contributed by atoms with Gasteiger partial charge in [0, 0.05) is 0 Å². The van der Waals surface area contributed by atoms with Crippen LogP contribution < -0.4 is 0 Å². The van der Waals surface area contributed by atoms with Gasteiger partial charge < -0.3 is 0 Å². The summed E-state index contributed by atoms with van der Waals surface area (Å²) in [7, 11) is 0. The van der Waals surface area contributed by atoms with E-state index in [1.807, 2.05) is 36.4 Å². The molecule has 2 aliphatic carbocycles. The quantitative estimate of drug-likeness (QED) is 0.258. The average molecular weight is 417 g/mol. The molecule has 0 heterocycles. The van der Waals surface area contributed by atoms with Crippen LogP contribution in [-0.2, 0) is 11.8 Å².